The van der Waals surface area contributed by atoms with Gasteiger partial charge in [-0.1, -0.05) is 41.3 Å². The molecule has 1 N–H and O–H groups in total. The molecule has 0 spiro atoms. The monoisotopic (exact) mass is 396 g/mol. The van der Waals surface area contributed by atoms with Crippen molar-refractivity contribution in [2.45, 2.75) is 29.2 Å². The number of halogens is 1. The lowest BCUT2D eigenvalue weighted by Crippen LogP contribution is -2.48. The van der Waals surface area contributed by atoms with Gasteiger partial charge < -0.3 is 5.11 Å². The normalized spacial score (nSPS) is 19.9. The van der Waals surface area contributed by atoms with Crippen molar-refractivity contribution in [2.75, 3.05) is 39.3 Å². The van der Waals surface area contributed by atoms with Gasteiger partial charge in [-0.3, -0.25) is 9.80 Å². The lowest BCUT2D eigenvalue weighted by atomic mass is 9.95. The second kappa shape index (κ2) is 8.67. The molecule has 2 aromatic rings. The van der Waals surface area contributed by atoms with Crippen LogP contribution in [0.1, 0.15) is 22.7 Å². The van der Waals surface area contributed by atoms with Crippen LogP contribution in [0.25, 0.3) is 0 Å². The molecule has 0 amide bonds. The molecule has 0 saturated carbocycles. The van der Waals surface area contributed by atoms with E-state index in [2.05, 4.69) is 46.8 Å². The van der Waals surface area contributed by atoms with Crippen LogP contribution in [0.4, 0.5) is 4.39 Å². The quantitative estimate of drug-likeness (QED) is 0.786. The Labute approximate surface area is 170 Å². The molecule has 2 aromatic carbocycles. The molecule has 28 heavy (non-hydrogen) atoms. The third-order valence-corrected chi connectivity index (χ3v) is 6.74. The van der Waals surface area contributed by atoms with Crippen LogP contribution in [0.15, 0.2) is 46.2 Å². The summed E-state index contributed by atoms with van der Waals surface area (Å²) in [5.74, 6) is 5.56. The van der Waals surface area contributed by atoms with Crippen LogP contribution in [0.3, 0.4) is 0 Å². The third kappa shape index (κ3) is 4.26. The minimum atomic E-state index is -0.163. The van der Waals surface area contributed by atoms with Gasteiger partial charge in [0.05, 0.1) is 6.54 Å². The summed E-state index contributed by atoms with van der Waals surface area (Å²) in [5.41, 5.74) is 3.72. The van der Waals surface area contributed by atoms with Gasteiger partial charge in [-0.15, -0.1) is 0 Å². The van der Waals surface area contributed by atoms with Crippen LogP contribution in [-0.2, 0) is 6.42 Å². The lowest BCUT2D eigenvalue weighted by molar-refractivity contribution is 0.102. The van der Waals surface area contributed by atoms with Crippen molar-refractivity contribution in [3.63, 3.8) is 0 Å². The molecular formula is C23H25FN2OS. The molecule has 0 bridgehead atoms. The van der Waals surface area contributed by atoms with Gasteiger partial charge in [0, 0.05) is 42.0 Å². The number of aliphatic hydroxyl groups excluding tert-OH is 1. The second-order valence-corrected chi connectivity index (χ2v) is 8.52. The standard InChI is InChI=1S/C23H25FN2OS/c1-17-4-6-22-18(14-17)15-21(20-16-19(24)5-7-23(20)28-22)26-11-9-25(10-12-26)8-2-3-13-27/h4-7,14,16,21,27H,8-13,15H2,1H3. The fourth-order valence-corrected chi connectivity index (χ4v) is 5.15. The average molecular weight is 397 g/mol. The van der Waals surface area contributed by atoms with Crippen molar-refractivity contribution in [3.8, 4) is 11.8 Å². The molecule has 4 rings (SSSR count). The van der Waals surface area contributed by atoms with Crippen LogP contribution in [0.5, 0.6) is 0 Å². The molecule has 1 unspecified atom stereocenters. The van der Waals surface area contributed by atoms with Crippen LogP contribution >= 0.6 is 11.8 Å². The van der Waals surface area contributed by atoms with E-state index in [1.54, 1.807) is 23.9 Å². The minimum Gasteiger partial charge on any atom is -0.384 e. The summed E-state index contributed by atoms with van der Waals surface area (Å²) in [6, 6.07) is 12.0. The fourth-order valence-electron chi connectivity index (χ4n) is 4.06. The molecule has 5 heteroatoms. The number of fused-ring (bicyclic) bond motifs is 2. The average Bonchev–Trinajstić information content (AvgIpc) is 2.85. The predicted molar refractivity (Wildman–Crippen MR) is 111 cm³/mol. The molecule has 0 aliphatic carbocycles. The largest absolute Gasteiger partial charge is 0.384 e. The van der Waals surface area contributed by atoms with Crippen LogP contribution in [0, 0.1) is 24.6 Å². The van der Waals surface area contributed by atoms with Gasteiger partial charge in [-0.2, -0.15) is 0 Å². The Kier molecular flexibility index (Phi) is 6.03. The molecule has 2 aliphatic heterocycles. The van der Waals surface area contributed by atoms with Crippen molar-refractivity contribution in [1.29, 1.82) is 0 Å². The Morgan fingerprint density at radius 3 is 2.64 bits per heavy atom. The van der Waals surface area contributed by atoms with Gasteiger partial charge in [0.25, 0.3) is 0 Å². The summed E-state index contributed by atoms with van der Waals surface area (Å²) in [7, 11) is 0. The van der Waals surface area contributed by atoms with Gasteiger partial charge in [0.15, 0.2) is 0 Å². The molecule has 1 saturated heterocycles. The van der Waals surface area contributed by atoms with Crippen molar-refractivity contribution in [3.05, 3.63) is 58.9 Å². The first-order valence-electron chi connectivity index (χ1n) is 9.74. The Morgan fingerprint density at radius 1 is 1.07 bits per heavy atom. The van der Waals surface area contributed by atoms with Gasteiger partial charge in [-0.05, 0) is 48.7 Å². The molecule has 0 aromatic heterocycles. The number of aryl methyl sites for hydroxylation is 1. The number of aliphatic hydroxyl groups is 1. The first-order chi connectivity index (χ1) is 13.6. The zero-order valence-corrected chi connectivity index (χ0v) is 16.9. The third-order valence-electron chi connectivity index (χ3n) is 5.53. The highest BCUT2D eigenvalue weighted by Gasteiger charge is 2.30. The minimum absolute atomic E-state index is 0.0825. The number of hydrogen-bond acceptors (Lipinski definition) is 4. The number of rotatable bonds is 2. The maximum atomic E-state index is 14.1. The molecule has 1 atom stereocenters. The molecule has 2 heterocycles. The summed E-state index contributed by atoms with van der Waals surface area (Å²) in [4.78, 5) is 7.24. The molecule has 146 valence electrons. The van der Waals surface area contributed by atoms with E-state index >= 15 is 0 Å². The summed E-state index contributed by atoms with van der Waals surface area (Å²) in [6.07, 6.45) is 0.908. The lowest BCUT2D eigenvalue weighted by Gasteiger charge is -2.39. The zero-order chi connectivity index (χ0) is 19.5. The van der Waals surface area contributed by atoms with E-state index in [1.807, 2.05) is 6.07 Å². The van der Waals surface area contributed by atoms with E-state index in [1.165, 1.54) is 16.0 Å². The Balaban J connectivity index is 1.60. The van der Waals surface area contributed by atoms with Crippen LogP contribution < -0.4 is 0 Å². The van der Waals surface area contributed by atoms with E-state index in [9.17, 15) is 4.39 Å². The Morgan fingerprint density at radius 2 is 1.86 bits per heavy atom. The van der Waals surface area contributed by atoms with Crippen LogP contribution in [-0.4, -0.2) is 54.2 Å². The van der Waals surface area contributed by atoms with Crippen molar-refractivity contribution >= 4 is 11.8 Å². The number of hydrogen-bond donors (Lipinski definition) is 1. The van der Waals surface area contributed by atoms with Crippen molar-refractivity contribution < 1.29 is 9.50 Å². The summed E-state index contributed by atoms with van der Waals surface area (Å²) in [6.45, 7) is 6.50. The summed E-state index contributed by atoms with van der Waals surface area (Å²) in [5, 5.41) is 8.82. The Bertz CT molecular complexity index is 913. The number of piperazine rings is 1. The highest BCUT2D eigenvalue weighted by molar-refractivity contribution is 7.99. The maximum Gasteiger partial charge on any atom is 0.123 e. The molecule has 1 fully saturated rings. The highest BCUT2D eigenvalue weighted by atomic mass is 32.2. The molecule has 3 nitrogen and oxygen atoms in total. The molecule has 0 radical (unpaired) electrons. The maximum absolute atomic E-state index is 14.1. The topological polar surface area (TPSA) is 26.7 Å². The van der Waals surface area contributed by atoms with Gasteiger partial charge >= 0.3 is 0 Å². The number of benzene rings is 2. The van der Waals surface area contributed by atoms with E-state index < -0.39 is 0 Å². The predicted octanol–water partition coefficient (Wildman–Crippen LogP) is 3.50. The van der Waals surface area contributed by atoms with Crippen molar-refractivity contribution in [2.24, 2.45) is 0 Å². The van der Waals surface area contributed by atoms with Crippen molar-refractivity contribution in [1.82, 2.24) is 9.80 Å². The smallest absolute Gasteiger partial charge is 0.123 e. The second-order valence-electron chi connectivity index (χ2n) is 7.44. The van der Waals surface area contributed by atoms with Gasteiger partial charge in [0.1, 0.15) is 12.4 Å². The van der Waals surface area contributed by atoms with E-state index in [-0.39, 0.29) is 18.5 Å². The first-order valence-corrected chi connectivity index (χ1v) is 10.6. The van der Waals surface area contributed by atoms with Gasteiger partial charge in [-0.25, -0.2) is 4.39 Å². The van der Waals surface area contributed by atoms with Gasteiger partial charge in [0.2, 0.25) is 0 Å². The van der Waals surface area contributed by atoms with E-state index in [0.717, 1.165) is 43.1 Å². The number of nitrogens with zero attached hydrogens (tertiary/aromatic N) is 2. The van der Waals surface area contributed by atoms with Crippen LogP contribution in [0.2, 0.25) is 0 Å². The summed E-state index contributed by atoms with van der Waals surface area (Å²) < 4.78 is 14.1. The SMILES string of the molecule is Cc1ccc2c(c1)CC(N1CCN(CC#CCO)CC1)c1cc(F)ccc1S2. The van der Waals surface area contributed by atoms with E-state index in [0.29, 0.717) is 6.54 Å². The highest BCUT2D eigenvalue weighted by Crippen LogP contribution is 2.43. The van der Waals surface area contributed by atoms with E-state index in [4.69, 9.17) is 5.11 Å². The fraction of sp³-hybridized carbons (Fsp3) is 0.391. The molecular weight excluding hydrogens is 371 g/mol. The first kappa shape index (κ1) is 19.5. The molecule has 2 aliphatic rings. The summed E-state index contributed by atoms with van der Waals surface area (Å²) >= 11 is 1.76. The Hall–Kier alpha value is -1.84. The zero-order valence-electron chi connectivity index (χ0n) is 16.1.